The van der Waals surface area contributed by atoms with E-state index in [1.54, 1.807) is 0 Å². The summed E-state index contributed by atoms with van der Waals surface area (Å²) in [6.07, 6.45) is 3.71. The van der Waals surface area contributed by atoms with Crippen LogP contribution in [0.3, 0.4) is 0 Å². The fourth-order valence-electron chi connectivity index (χ4n) is 2.56. The van der Waals surface area contributed by atoms with Crippen molar-refractivity contribution in [3.63, 3.8) is 0 Å². The highest BCUT2D eigenvalue weighted by atomic mass is 19.1. The summed E-state index contributed by atoms with van der Waals surface area (Å²) in [5.41, 5.74) is -2.72. The Labute approximate surface area is 134 Å². The van der Waals surface area contributed by atoms with Gasteiger partial charge in [0.15, 0.2) is 18.3 Å². The van der Waals surface area contributed by atoms with Crippen LogP contribution in [0.5, 0.6) is 0 Å². The first-order chi connectivity index (χ1) is 11.2. The van der Waals surface area contributed by atoms with Crippen LogP contribution < -0.4 is 0 Å². The van der Waals surface area contributed by atoms with Gasteiger partial charge in [-0.25, -0.2) is 8.78 Å². The molecule has 0 radical (unpaired) electrons. The lowest BCUT2D eigenvalue weighted by atomic mass is 9.92. The summed E-state index contributed by atoms with van der Waals surface area (Å²) in [4.78, 5) is 7.08. The van der Waals surface area contributed by atoms with Crippen LogP contribution in [-0.2, 0) is 5.60 Å². The maximum absolute atomic E-state index is 14.2. The van der Waals surface area contributed by atoms with Crippen LogP contribution in [0.15, 0.2) is 38.4 Å². The molecule has 0 bridgehead atoms. The quantitative estimate of drug-likeness (QED) is 0.631. The van der Waals surface area contributed by atoms with Crippen LogP contribution in [0.25, 0.3) is 0 Å². The Balaban J connectivity index is 2.02. The molecule has 9 nitrogen and oxygen atoms in total. The van der Waals surface area contributed by atoms with Gasteiger partial charge in [0.1, 0.15) is 24.7 Å². The van der Waals surface area contributed by atoms with E-state index in [1.807, 2.05) is 0 Å². The number of nitrogens with zero attached hydrogens (tertiary/aromatic N) is 6. The molecule has 0 saturated carbocycles. The molecule has 1 N–H and O–H groups in total. The van der Waals surface area contributed by atoms with E-state index in [0.717, 1.165) is 37.5 Å². The van der Waals surface area contributed by atoms with Gasteiger partial charge in [0.2, 0.25) is 12.7 Å². The largest absolute Gasteiger partial charge is 0.599 e. The average Bonchev–Trinajstić information content (AvgIpc) is 3.07. The zero-order valence-corrected chi connectivity index (χ0v) is 12.2. The summed E-state index contributed by atoms with van der Waals surface area (Å²) in [5, 5.41) is 42.8. The lowest BCUT2D eigenvalue weighted by Crippen LogP contribution is -2.55. The Hall–Kier alpha value is -2.44. The number of rotatable bonds is 5. The number of halogens is 2. The fraction of sp³-hybridized carbons (Fsp3) is 0.231. The van der Waals surface area contributed by atoms with Crippen molar-refractivity contribution >= 4 is 25.4 Å². The summed E-state index contributed by atoms with van der Waals surface area (Å²) < 4.78 is 24.4. The Bertz CT molecular complexity index is 719. The number of aliphatic hydroxyl groups is 1. The number of hydroxylamine groups is 4. The molecule has 2 aliphatic rings. The fourth-order valence-corrected chi connectivity index (χ4v) is 2.56. The highest BCUT2D eigenvalue weighted by Gasteiger charge is 2.46. The normalized spacial score (nSPS) is 30.2. The van der Waals surface area contributed by atoms with Crippen molar-refractivity contribution in [2.75, 3.05) is 13.1 Å². The third-order valence-corrected chi connectivity index (χ3v) is 3.53. The topological polar surface area (TPSA) is 116 Å². The van der Waals surface area contributed by atoms with Crippen LogP contribution in [0.4, 0.5) is 8.78 Å². The Kier molecular flexibility index (Phi) is 3.81. The number of aliphatic imine (C=N–C) groups is 2. The minimum atomic E-state index is -2.30. The number of hydrogen-bond acceptors (Lipinski definition) is 7. The van der Waals surface area contributed by atoms with E-state index in [2.05, 4.69) is 20.2 Å². The van der Waals surface area contributed by atoms with Crippen LogP contribution in [0.1, 0.15) is 5.56 Å². The first-order valence-electron chi connectivity index (χ1n) is 6.76. The predicted molar refractivity (Wildman–Crippen MR) is 81.2 cm³/mol. The van der Waals surface area contributed by atoms with E-state index in [-0.39, 0.29) is 0 Å². The van der Waals surface area contributed by atoms with Crippen molar-refractivity contribution < 1.29 is 23.4 Å². The Morgan fingerprint density at radius 1 is 1.00 bits per heavy atom. The van der Waals surface area contributed by atoms with E-state index in [4.69, 9.17) is 0 Å². The highest BCUT2D eigenvalue weighted by molar-refractivity contribution is 5.71. The molecule has 2 aliphatic heterocycles. The molecule has 0 aliphatic carbocycles. The molecule has 0 fully saturated rings. The molecule has 24 heavy (non-hydrogen) atoms. The van der Waals surface area contributed by atoms with Gasteiger partial charge < -0.3 is 15.5 Å². The average molecular weight is 338 g/mol. The van der Waals surface area contributed by atoms with Crippen molar-refractivity contribution in [2.24, 2.45) is 20.2 Å². The van der Waals surface area contributed by atoms with Gasteiger partial charge in [-0.15, -0.1) is 0 Å². The van der Waals surface area contributed by atoms with Gasteiger partial charge in [-0.3, -0.25) is 0 Å². The van der Waals surface area contributed by atoms with Gasteiger partial charge in [0.05, 0.1) is 0 Å². The zero-order chi connectivity index (χ0) is 17.4. The third kappa shape index (κ3) is 3.11. The summed E-state index contributed by atoms with van der Waals surface area (Å²) in [6, 6.07) is 2.43. The Morgan fingerprint density at radius 2 is 1.54 bits per heavy atom. The summed E-state index contributed by atoms with van der Waals surface area (Å²) >= 11 is 0. The molecule has 3 rings (SSSR count). The van der Waals surface area contributed by atoms with Gasteiger partial charge >= 0.3 is 0 Å². The summed E-state index contributed by atoms with van der Waals surface area (Å²) in [7, 11) is 0. The van der Waals surface area contributed by atoms with Crippen molar-refractivity contribution in [1.82, 2.24) is 0 Å². The van der Waals surface area contributed by atoms with Crippen LogP contribution >= 0.6 is 0 Å². The first kappa shape index (κ1) is 16.4. The molecule has 1 aromatic carbocycles. The van der Waals surface area contributed by atoms with E-state index < -0.39 is 45.4 Å². The molecule has 1 aromatic rings. The monoisotopic (exact) mass is 338 g/mol. The van der Waals surface area contributed by atoms with Crippen LogP contribution in [0, 0.1) is 22.0 Å². The maximum Gasteiger partial charge on any atom is 0.218 e. The lowest BCUT2D eigenvalue weighted by Gasteiger charge is -2.40. The van der Waals surface area contributed by atoms with Crippen molar-refractivity contribution in [1.29, 1.82) is 0 Å². The second kappa shape index (κ2) is 5.58. The molecule has 0 spiro atoms. The minimum Gasteiger partial charge on any atom is -0.599 e. The first-order valence-corrected chi connectivity index (χ1v) is 6.76. The van der Waals surface area contributed by atoms with Gasteiger partial charge in [0.25, 0.3) is 0 Å². The number of quaternary nitrogens is 2. The summed E-state index contributed by atoms with van der Waals surface area (Å²) in [6.45, 7) is -1.50. The smallest absolute Gasteiger partial charge is 0.218 e. The number of benzene rings is 1. The molecule has 126 valence electrons. The van der Waals surface area contributed by atoms with Crippen molar-refractivity contribution in [3.05, 3.63) is 45.8 Å². The Morgan fingerprint density at radius 3 is 1.96 bits per heavy atom. The second-order valence-electron chi connectivity index (χ2n) is 5.47. The van der Waals surface area contributed by atoms with E-state index >= 15 is 0 Å². The van der Waals surface area contributed by atoms with Crippen molar-refractivity contribution in [2.45, 2.75) is 5.60 Å². The zero-order valence-electron chi connectivity index (χ0n) is 12.2. The molecule has 0 saturated heterocycles. The minimum absolute atomic E-state index is 0.420. The van der Waals surface area contributed by atoms with E-state index in [1.165, 1.54) is 0 Å². The second-order valence-corrected chi connectivity index (χ2v) is 5.47. The standard InChI is InChI=1S/C13H12F2N6O3/c14-10-1-2-11(12(15)3-10)13(22,4-20(23)8-16-6-18-20)5-21(24)9-17-7-19-21/h1-3,6-9,22H,4-5H2. The van der Waals surface area contributed by atoms with E-state index in [9.17, 15) is 24.3 Å². The van der Waals surface area contributed by atoms with Gasteiger partial charge in [-0.1, -0.05) is 10.2 Å². The molecule has 2 atom stereocenters. The molecule has 0 aromatic heterocycles. The predicted octanol–water partition coefficient (Wildman–Crippen LogP) is 0.752. The van der Waals surface area contributed by atoms with Gasteiger partial charge in [-0.2, -0.15) is 19.5 Å². The number of hydrogen-bond donors (Lipinski definition) is 1. The SMILES string of the molecule is [O-][N+]1(CC(O)(C[N+]2([O-])C=NC=N2)c2ccc(F)cc2F)C=NC=N1. The molecular weight excluding hydrogens is 326 g/mol. The lowest BCUT2D eigenvalue weighted by molar-refractivity contribution is -0.825. The molecule has 11 heteroatoms. The van der Waals surface area contributed by atoms with Gasteiger partial charge in [-0.05, 0) is 12.1 Å². The highest BCUT2D eigenvalue weighted by Crippen LogP contribution is 2.31. The van der Waals surface area contributed by atoms with Crippen LogP contribution in [0.2, 0.25) is 0 Å². The van der Waals surface area contributed by atoms with Gasteiger partial charge in [0, 0.05) is 11.6 Å². The third-order valence-electron chi connectivity index (χ3n) is 3.53. The molecule has 2 unspecified atom stereocenters. The molecular formula is C13H12F2N6O3. The van der Waals surface area contributed by atoms with E-state index in [0.29, 0.717) is 6.07 Å². The van der Waals surface area contributed by atoms with Crippen molar-refractivity contribution in [3.8, 4) is 0 Å². The van der Waals surface area contributed by atoms with Crippen LogP contribution in [-0.4, -0.2) is 53.1 Å². The summed E-state index contributed by atoms with van der Waals surface area (Å²) in [5.74, 6) is -1.96. The molecule has 0 amide bonds. The maximum atomic E-state index is 14.2. The molecule has 2 heterocycles.